The average molecular weight is 226 g/mol. The molecule has 0 radical (unpaired) electrons. The van der Waals surface area contributed by atoms with Crippen molar-refractivity contribution in [3.8, 4) is 0 Å². The second kappa shape index (κ2) is 4.34. The van der Waals surface area contributed by atoms with Crippen LogP contribution in [0.2, 0.25) is 0 Å². The summed E-state index contributed by atoms with van der Waals surface area (Å²) in [5.41, 5.74) is -1.21. The average Bonchev–Trinajstić information content (AvgIpc) is 2.64. The van der Waals surface area contributed by atoms with Gasteiger partial charge in [-0.2, -0.15) is 0 Å². The molecule has 0 fully saturated rings. The largest absolute Gasteiger partial charge is 0.480 e. The first-order chi connectivity index (χ1) is 7.39. The summed E-state index contributed by atoms with van der Waals surface area (Å²) in [4.78, 5) is 22.6. The summed E-state index contributed by atoms with van der Waals surface area (Å²) in [6.45, 7) is 4.78. The van der Waals surface area contributed by atoms with Gasteiger partial charge in [-0.25, -0.2) is 4.79 Å². The highest BCUT2D eigenvalue weighted by Gasteiger charge is 2.33. The first-order valence-electron chi connectivity index (χ1n) is 4.88. The van der Waals surface area contributed by atoms with Crippen molar-refractivity contribution >= 4 is 11.9 Å². The van der Waals surface area contributed by atoms with E-state index in [2.05, 4.69) is 10.5 Å². The van der Waals surface area contributed by atoms with Gasteiger partial charge in [0.15, 0.2) is 5.69 Å². The molecule has 0 aliphatic carbocycles. The summed E-state index contributed by atoms with van der Waals surface area (Å²) in [5.74, 6) is -1.13. The third kappa shape index (κ3) is 2.39. The lowest BCUT2D eigenvalue weighted by Crippen LogP contribution is -2.51. The Hall–Kier alpha value is -1.85. The lowest BCUT2D eigenvalue weighted by molar-refractivity contribution is -0.143. The highest BCUT2D eigenvalue weighted by atomic mass is 16.5. The van der Waals surface area contributed by atoms with Crippen molar-refractivity contribution in [1.82, 2.24) is 10.5 Å². The molecule has 1 heterocycles. The maximum absolute atomic E-state index is 11.6. The van der Waals surface area contributed by atoms with Crippen LogP contribution >= 0.6 is 0 Å². The molecule has 0 aromatic carbocycles. The lowest BCUT2D eigenvalue weighted by atomic mass is 9.99. The van der Waals surface area contributed by atoms with E-state index in [0.717, 1.165) is 0 Å². The smallest absolute Gasteiger partial charge is 0.329 e. The zero-order valence-corrected chi connectivity index (χ0v) is 9.40. The van der Waals surface area contributed by atoms with Crippen molar-refractivity contribution < 1.29 is 19.2 Å². The first kappa shape index (κ1) is 12.2. The van der Waals surface area contributed by atoms with Gasteiger partial charge < -0.3 is 14.9 Å². The van der Waals surface area contributed by atoms with Crippen LogP contribution in [0.4, 0.5) is 0 Å². The Morgan fingerprint density at radius 3 is 2.62 bits per heavy atom. The number of amides is 1. The van der Waals surface area contributed by atoms with Crippen LogP contribution in [0.25, 0.3) is 0 Å². The van der Waals surface area contributed by atoms with Gasteiger partial charge >= 0.3 is 5.97 Å². The van der Waals surface area contributed by atoms with E-state index in [0.29, 0.717) is 5.76 Å². The van der Waals surface area contributed by atoms with E-state index in [4.69, 9.17) is 9.63 Å². The Bertz CT molecular complexity index is 413. The Morgan fingerprint density at radius 2 is 2.25 bits per heavy atom. The Balaban J connectivity index is 2.81. The number of aromatic nitrogens is 1. The molecule has 0 bridgehead atoms. The van der Waals surface area contributed by atoms with Crippen LogP contribution in [0.3, 0.4) is 0 Å². The molecule has 6 nitrogen and oxygen atoms in total. The maximum atomic E-state index is 11.6. The van der Waals surface area contributed by atoms with Crippen molar-refractivity contribution in [3.05, 3.63) is 17.5 Å². The Kier molecular flexibility index (Phi) is 3.31. The third-order valence-electron chi connectivity index (χ3n) is 2.43. The van der Waals surface area contributed by atoms with E-state index in [1.54, 1.807) is 13.8 Å². The van der Waals surface area contributed by atoms with Gasteiger partial charge in [0.25, 0.3) is 5.91 Å². The van der Waals surface area contributed by atoms with E-state index in [1.807, 2.05) is 0 Å². The standard InChI is InChI=1S/C10H14N2O4/c1-4-10(3,9(14)15)11-8(13)7-5-6(2)16-12-7/h5H,4H2,1-3H3,(H,11,13)(H,14,15). The fourth-order valence-electron chi connectivity index (χ4n) is 1.08. The van der Waals surface area contributed by atoms with Crippen molar-refractivity contribution in [2.24, 2.45) is 0 Å². The van der Waals surface area contributed by atoms with Crippen LogP contribution in [0.5, 0.6) is 0 Å². The van der Waals surface area contributed by atoms with E-state index in [9.17, 15) is 9.59 Å². The quantitative estimate of drug-likeness (QED) is 0.797. The van der Waals surface area contributed by atoms with Gasteiger partial charge in [0.2, 0.25) is 0 Å². The number of aliphatic carboxylic acids is 1. The SMILES string of the molecule is CCC(C)(NC(=O)c1cc(C)on1)C(=O)O. The second-order valence-electron chi connectivity index (χ2n) is 3.77. The predicted molar refractivity (Wildman–Crippen MR) is 55.0 cm³/mol. The maximum Gasteiger partial charge on any atom is 0.329 e. The minimum atomic E-state index is -1.29. The number of nitrogens with zero attached hydrogens (tertiary/aromatic N) is 1. The Morgan fingerprint density at radius 1 is 1.62 bits per heavy atom. The van der Waals surface area contributed by atoms with Crippen molar-refractivity contribution in [3.63, 3.8) is 0 Å². The summed E-state index contributed by atoms with van der Waals surface area (Å²) >= 11 is 0. The fourth-order valence-corrected chi connectivity index (χ4v) is 1.08. The number of hydrogen-bond donors (Lipinski definition) is 2. The fraction of sp³-hybridized carbons (Fsp3) is 0.500. The van der Waals surface area contributed by atoms with Crippen LogP contribution in [0.1, 0.15) is 36.5 Å². The molecule has 1 aromatic rings. The van der Waals surface area contributed by atoms with Crippen LogP contribution in [0.15, 0.2) is 10.6 Å². The van der Waals surface area contributed by atoms with Crippen molar-refractivity contribution in [2.75, 3.05) is 0 Å². The molecule has 16 heavy (non-hydrogen) atoms. The molecular weight excluding hydrogens is 212 g/mol. The number of carbonyl (C=O) groups is 2. The normalized spacial score (nSPS) is 14.2. The summed E-state index contributed by atoms with van der Waals surface area (Å²) in [6.07, 6.45) is 0.283. The monoisotopic (exact) mass is 226 g/mol. The van der Waals surface area contributed by atoms with Gasteiger partial charge in [-0.1, -0.05) is 12.1 Å². The molecular formula is C10H14N2O4. The van der Waals surface area contributed by atoms with E-state index < -0.39 is 17.4 Å². The number of carboxylic acid groups (broad SMARTS) is 1. The van der Waals surface area contributed by atoms with E-state index in [-0.39, 0.29) is 12.1 Å². The van der Waals surface area contributed by atoms with Crippen LogP contribution in [-0.2, 0) is 4.79 Å². The summed E-state index contributed by atoms with van der Waals surface area (Å²) in [5, 5.41) is 14.9. The van der Waals surface area contributed by atoms with Crippen LogP contribution < -0.4 is 5.32 Å². The minimum Gasteiger partial charge on any atom is -0.480 e. The highest BCUT2D eigenvalue weighted by Crippen LogP contribution is 2.11. The molecule has 0 spiro atoms. The summed E-state index contributed by atoms with van der Waals surface area (Å²) < 4.78 is 4.74. The molecule has 1 amide bonds. The molecule has 2 N–H and O–H groups in total. The Labute approximate surface area is 92.6 Å². The summed E-state index contributed by atoms with van der Waals surface area (Å²) in [7, 11) is 0. The van der Waals surface area contributed by atoms with Gasteiger partial charge in [0.05, 0.1) is 0 Å². The second-order valence-corrected chi connectivity index (χ2v) is 3.77. The van der Waals surface area contributed by atoms with Crippen molar-refractivity contribution in [1.29, 1.82) is 0 Å². The molecule has 0 aliphatic rings. The summed E-state index contributed by atoms with van der Waals surface area (Å²) in [6, 6.07) is 1.45. The van der Waals surface area contributed by atoms with Crippen molar-refractivity contribution in [2.45, 2.75) is 32.7 Å². The number of aryl methyl sites for hydroxylation is 1. The number of nitrogens with one attached hydrogen (secondary N) is 1. The molecule has 1 rings (SSSR count). The molecule has 0 saturated carbocycles. The van der Waals surface area contributed by atoms with Crippen LogP contribution in [0, 0.1) is 6.92 Å². The third-order valence-corrected chi connectivity index (χ3v) is 2.43. The van der Waals surface area contributed by atoms with Gasteiger partial charge in [0.1, 0.15) is 11.3 Å². The van der Waals surface area contributed by atoms with E-state index >= 15 is 0 Å². The zero-order chi connectivity index (χ0) is 12.3. The van der Waals surface area contributed by atoms with Gasteiger partial charge in [-0.15, -0.1) is 0 Å². The predicted octanol–water partition coefficient (Wildman–Crippen LogP) is 0.966. The number of carbonyl (C=O) groups excluding carboxylic acids is 1. The number of carboxylic acids is 1. The molecule has 88 valence electrons. The van der Waals surface area contributed by atoms with Gasteiger partial charge in [-0.3, -0.25) is 4.79 Å². The highest BCUT2D eigenvalue weighted by molar-refractivity contribution is 5.96. The molecule has 0 aliphatic heterocycles. The van der Waals surface area contributed by atoms with Crippen LogP contribution in [-0.4, -0.2) is 27.7 Å². The lowest BCUT2D eigenvalue weighted by Gasteiger charge is -2.23. The van der Waals surface area contributed by atoms with E-state index in [1.165, 1.54) is 13.0 Å². The number of rotatable bonds is 4. The molecule has 1 aromatic heterocycles. The molecule has 6 heteroatoms. The van der Waals surface area contributed by atoms with Gasteiger partial charge in [-0.05, 0) is 20.3 Å². The van der Waals surface area contributed by atoms with Gasteiger partial charge in [0, 0.05) is 6.07 Å². The molecule has 0 saturated heterocycles. The zero-order valence-electron chi connectivity index (χ0n) is 9.40. The molecule has 1 atom stereocenters. The topological polar surface area (TPSA) is 92.4 Å². The minimum absolute atomic E-state index is 0.0819. The first-order valence-corrected chi connectivity index (χ1v) is 4.88. The molecule has 1 unspecified atom stereocenters. The number of hydrogen-bond acceptors (Lipinski definition) is 4.